The number of amides is 1. The van der Waals surface area contributed by atoms with E-state index in [1.54, 1.807) is 59.5 Å². The predicted octanol–water partition coefficient (Wildman–Crippen LogP) is 3.23. The number of para-hydroxylation sites is 2. The van der Waals surface area contributed by atoms with E-state index in [9.17, 15) is 13.2 Å². The Bertz CT molecular complexity index is 1230. The number of hydrogen-bond donors (Lipinski definition) is 0. The van der Waals surface area contributed by atoms with Gasteiger partial charge in [-0.2, -0.15) is 0 Å². The fourth-order valence-corrected chi connectivity index (χ4v) is 5.66. The Morgan fingerprint density at radius 2 is 1.55 bits per heavy atom. The molecule has 5 rings (SSSR count). The van der Waals surface area contributed by atoms with Gasteiger partial charge in [-0.1, -0.05) is 54.6 Å². The minimum absolute atomic E-state index is 0.0643. The minimum Gasteiger partial charge on any atom is -0.476 e. The van der Waals surface area contributed by atoms with Crippen molar-refractivity contribution in [3.63, 3.8) is 0 Å². The van der Waals surface area contributed by atoms with Gasteiger partial charge in [0.15, 0.2) is 6.10 Å². The fourth-order valence-electron chi connectivity index (χ4n) is 4.17. The Kier molecular flexibility index (Phi) is 4.90. The lowest BCUT2D eigenvalue weighted by atomic mass is 9.99. The van der Waals surface area contributed by atoms with Crippen molar-refractivity contribution in [2.75, 3.05) is 17.4 Å². The molecule has 1 atom stereocenters. The van der Waals surface area contributed by atoms with Crippen molar-refractivity contribution in [2.24, 2.45) is 0 Å². The number of fused-ring (bicyclic) bond motifs is 2. The number of benzene rings is 3. The molecule has 0 aliphatic carbocycles. The molecule has 158 valence electrons. The molecule has 0 N–H and O–H groups in total. The van der Waals surface area contributed by atoms with Gasteiger partial charge < -0.3 is 9.64 Å². The van der Waals surface area contributed by atoms with Crippen molar-refractivity contribution in [1.29, 1.82) is 0 Å². The van der Waals surface area contributed by atoms with Crippen LogP contribution in [0.4, 0.5) is 5.69 Å². The zero-order valence-electron chi connectivity index (χ0n) is 16.8. The van der Waals surface area contributed by atoms with Crippen LogP contribution in [-0.4, -0.2) is 38.4 Å². The van der Waals surface area contributed by atoms with Gasteiger partial charge in [0.1, 0.15) is 5.75 Å². The van der Waals surface area contributed by atoms with Gasteiger partial charge in [0.25, 0.3) is 15.9 Å². The second kappa shape index (κ2) is 7.74. The molecule has 31 heavy (non-hydrogen) atoms. The third-order valence-corrected chi connectivity index (χ3v) is 7.58. The topological polar surface area (TPSA) is 66.9 Å². The van der Waals surface area contributed by atoms with Crippen LogP contribution in [0.1, 0.15) is 11.1 Å². The van der Waals surface area contributed by atoms with Crippen molar-refractivity contribution < 1.29 is 17.9 Å². The highest BCUT2D eigenvalue weighted by Gasteiger charge is 2.39. The van der Waals surface area contributed by atoms with Crippen molar-refractivity contribution in [3.05, 3.63) is 90.0 Å². The Morgan fingerprint density at radius 3 is 2.35 bits per heavy atom. The van der Waals surface area contributed by atoms with Crippen LogP contribution in [0.2, 0.25) is 0 Å². The molecule has 0 fully saturated rings. The molecule has 0 spiro atoms. The number of anilines is 1. The lowest BCUT2D eigenvalue weighted by Gasteiger charge is -2.38. The van der Waals surface area contributed by atoms with Crippen LogP contribution in [0, 0.1) is 0 Å². The third kappa shape index (κ3) is 3.55. The molecule has 7 heteroatoms. The number of hydrogen-bond acceptors (Lipinski definition) is 4. The maximum absolute atomic E-state index is 13.4. The number of carbonyl (C=O) groups excluding carboxylic acids is 1. The van der Waals surface area contributed by atoms with Gasteiger partial charge in [0.2, 0.25) is 0 Å². The van der Waals surface area contributed by atoms with E-state index in [1.165, 1.54) is 9.87 Å². The molecule has 0 saturated heterocycles. The smallest absolute Gasteiger partial charge is 0.265 e. The lowest BCUT2D eigenvalue weighted by Crippen LogP contribution is -2.52. The summed E-state index contributed by atoms with van der Waals surface area (Å²) in [6.07, 6.45) is -0.129. The van der Waals surface area contributed by atoms with Gasteiger partial charge in [0, 0.05) is 13.1 Å². The zero-order chi connectivity index (χ0) is 21.4. The summed E-state index contributed by atoms with van der Waals surface area (Å²) in [4.78, 5) is 15.3. The SMILES string of the molecule is O=C([C@@H]1CN(S(=O)(=O)c2ccccc2)c2ccccc2O1)N1CCc2ccccc2C1. The van der Waals surface area contributed by atoms with Crippen molar-refractivity contribution in [3.8, 4) is 5.75 Å². The second-order valence-corrected chi connectivity index (χ2v) is 9.56. The molecule has 0 radical (unpaired) electrons. The summed E-state index contributed by atoms with van der Waals surface area (Å²) in [5.74, 6) is 0.196. The van der Waals surface area contributed by atoms with Crippen LogP contribution >= 0.6 is 0 Å². The van der Waals surface area contributed by atoms with Gasteiger partial charge >= 0.3 is 0 Å². The molecular formula is C24H22N2O4S. The van der Waals surface area contributed by atoms with Crippen molar-refractivity contribution in [2.45, 2.75) is 24.0 Å². The summed E-state index contributed by atoms with van der Waals surface area (Å²) in [6.45, 7) is 1.02. The Hall–Kier alpha value is -3.32. The van der Waals surface area contributed by atoms with E-state index in [4.69, 9.17) is 4.74 Å². The number of nitrogens with zero attached hydrogens (tertiary/aromatic N) is 2. The predicted molar refractivity (Wildman–Crippen MR) is 117 cm³/mol. The van der Waals surface area contributed by atoms with Crippen LogP contribution in [0.3, 0.4) is 0 Å². The van der Waals surface area contributed by atoms with E-state index in [0.29, 0.717) is 24.5 Å². The standard InChI is InChI=1S/C24H22N2O4S/c27-24(25-15-14-18-8-4-5-9-19(18)16-25)23-17-26(21-12-6-7-13-22(21)30-23)31(28,29)20-10-2-1-3-11-20/h1-13,23H,14-17H2/t23-/m0/s1. The molecule has 1 amide bonds. The summed E-state index contributed by atoms with van der Waals surface area (Å²) in [5.41, 5.74) is 2.81. The largest absolute Gasteiger partial charge is 0.476 e. The van der Waals surface area contributed by atoms with E-state index in [-0.39, 0.29) is 17.3 Å². The molecule has 2 aliphatic heterocycles. The van der Waals surface area contributed by atoms with Gasteiger partial charge in [-0.15, -0.1) is 0 Å². The van der Waals surface area contributed by atoms with Crippen LogP contribution in [0.25, 0.3) is 0 Å². The molecule has 0 unspecified atom stereocenters. The van der Waals surface area contributed by atoms with Crippen LogP contribution in [0.15, 0.2) is 83.8 Å². The first-order valence-corrected chi connectivity index (χ1v) is 11.7. The summed E-state index contributed by atoms with van der Waals surface area (Å²) in [5, 5.41) is 0. The number of rotatable bonds is 3. The van der Waals surface area contributed by atoms with Crippen molar-refractivity contribution in [1.82, 2.24) is 4.90 Å². The maximum atomic E-state index is 13.4. The average Bonchev–Trinajstić information content (AvgIpc) is 2.83. The first-order valence-electron chi connectivity index (χ1n) is 10.2. The van der Waals surface area contributed by atoms with Gasteiger partial charge in [0.05, 0.1) is 17.1 Å². The molecule has 0 bridgehead atoms. The van der Waals surface area contributed by atoms with Gasteiger partial charge in [-0.3, -0.25) is 9.10 Å². The first kappa shape index (κ1) is 19.6. The Morgan fingerprint density at radius 1 is 0.871 bits per heavy atom. The molecule has 2 heterocycles. The molecule has 3 aromatic rings. The maximum Gasteiger partial charge on any atom is 0.265 e. The summed E-state index contributed by atoms with van der Waals surface area (Å²) in [6, 6.07) is 23.3. The number of sulfonamides is 1. The second-order valence-electron chi connectivity index (χ2n) is 7.70. The molecule has 2 aliphatic rings. The van der Waals surface area contributed by atoms with Gasteiger partial charge in [-0.05, 0) is 41.8 Å². The fraction of sp³-hybridized carbons (Fsp3) is 0.208. The highest BCUT2D eigenvalue weighted by atomic mass is 32.2. The summed E-state index contributed by atoms with van der Waals surface area (Å²) in [7, 11) is -3.84. The van der Waals surface area contributed by atoms with E-state index < -0.39 is 16.1 Å². The summed E-state index contributed by atoms with van der Waals surface area (Å²) >= 11 is 0. The van der Waals surface area contributed by atoms with Crippen molar-refractivity contribution >= 4 is 21.6 Å². The summed E-state index contributed by atoms with van der Waals surface area (Å²) < 4.78 is 34.1. The highest BCUT2D eigenvalue weighted by Crippen LogP contribution is 2.37. The molecular weight excluding hydrogens is 412 g/mol. The quantitative estimate of drug-likeness (QED) is 0.635. The minimum atomic E-state index is -3.84. The monoisotopic (exact) mass is 434 g/mol. The van der Waals surface area contributed by atoms with E-state index in [2.05, 4.69) is 6.07 Å². The molecule has 6 nitrogen and oxygen atoms in total. The van der Waals surface area contributed by atoms with Crippen LogP contribution in [-0.2, 0) is 27.8 Å². The van der Waals surface area contributed by atoms with E-state index >= 15 is 0 Å². The Balaban J connectivity index is 1.46. The first-order chi connectivity index (χ1) is 15.0. The molecule has 0 saturated carbocycles. The highest BCUT2D eigenvalue weighted by molar-refractivity contribution is 7.92. The normalized spacial score (nSPS) is 18.0. The lowest BCUT2D eigenvalue weighted by molar-refractivity contribution is -0.139. The average molecular weight is 435 g/mol. The van der Waals surface area contributed by atoms with Crippen LogP contribution < -0.4 is 9.04 Å². The number of carbonyl (C=O) groups is 1. The van der Waals surface area contributed by atoms with E-state index in [0.717, 1.165) is 12.0 Å². The molecule has 3 aromatic carbocycles. The van der Waals surface area contributed by atoms with Crippen LogP contribution in [0.5, 0.6) is 5.75 Å². The zero-order valence-corrected chi connectivity index (χ0v) is 17.7. The Labute approximate surface area is 181 Å². The number of ether oxygens (including phenoxy) is 1. The van der Waals surface area contributed by atoms with E-state index in [1.807, 2.05) is 18.2 Å². The third-order valence-electron chi connectivity index (χ3n) is 5.78. The van der Waals surface area contributed by atoms with Gasteiger partial charge in [-0.25, -0.2) is 8.42 Å². The molecule has 0 aromatic heterocycles.